The fraction of sp³-hybridized carbons (Fsp3) is 0.684. The standard InChI is InChI=1S/C19H29N3O2S/c23-18(14-21-8-3-1-2-4-9-21)22-10-5-16(6-11-22)13-20-19(24)17-7-12-25-15-17/h7,12,15-16H,1-6,8-11,13-14H2,(H,20,24). The summed E-state index contributed by atoms with van der Waals surface area (Å²) in [7, 11) is 0. The number of amides is 2. The van der Waals surface area contributed by atoms with E-state index in [4.69, 9.17) is 0 Å². The normalized spacial score (nSPS) is 20.2. The summed E-state index contributed by atoms with van der Waals surface area (Å²) in [6.07, 6.45) is 7.00. The zero-order valence-electron chi connectivity index (χ0n) is 14.9. The SMILES string of the molecule is O=C(NCC1CCN(C(=O)CN2CCCCCC2)CC1)c1ccsc1. The molecule has 3 heterocycles. The lowest BCUT2D eigenvalue weighted by atomic mass is 9.96. The first-order chi connectivity index (χ1) is 12.2. The summed E-state index contributed by atoms with van der Waals surface area (Å²) in [6.45, 7) is 5.08. The van der Waals surface area contributed by atoms with E-state index in [-0.39, 0.29) is 11.8 Å². The Morgan fingerprint density at radius 1 is 1.08 bits per heavy atom. The number of piperidine rings is 1. The molecule has 2 amide bonds. The molecule has 5 nitrogen and oxygen atoms in total. The molecule has 1 aromatic rings. The highest BCUT2D eigenvalue weighted by atomic mass is 32.1. The van der Waals surface area contributed by atoms with Crippen molar-refractivity contribution in [3.63, 3.8) is 0 Å². The number of nitrogens with one attached hydrogen (secondary N) is 1. The Bertz CT molecular complexity index is 545. The van der Waals surface area contributed by atoms with Crippen molar-refractivity contribution >= 4 is 23.2 Å². The van der Waals surface area contributed by atoms with Crippen molar-refractivity contribution in [3.8, 4) is 0 Å². The van der Waals surface area contributed by atoms with Gasteiger partial charge in [-0.3, -0.25) is 14.5 Å². The third-order valence-corrected chi connectivity index (χ3v) is 6.04. The molecule has 0 spiro atoms. The van der Waals surface area contributed by atoms with Gasteiger partial charge in [-0.25, -0.2) is 0 Å². The highest BCUT2D eigenvalue weighted by Gasteiger charge is 2.24. The number of carbonyl (C=O) groups excluding carboxylic acids is 2. The van der Waals surface area contributed by atoms with E-state index in [0.29, 0.717) is 19.0 Å². The number of thiophene rings is 1. The van der Waals surface area contributed by atoms with Crippen LogP contribution in [0.4, 0.5) is 0 Å². The van der Waals surface area contributed by atoms with E-state index < -0.39 is 0 Å². The minimum absolute atomic E-state index is 0.0147. The van der Waals surface area contributed by atoms with Crippen LogP contribution < -0.4 is 5.32 Å². The minimum atomic E-state index is 0.0147. The second-order valence-corrected chi connectivity index (χ2v) is 8.02. The summed E-state index contributed by atoms with van der Waals surface area (Å²) in [5.74, 6) is 0.772. The Kier molecular flexibility index (Phi) is 6.87. The van der Waals surface area contributed by atoms with Crippen molar-refractivity contribution in [1.82, 2.24) is 15.1 Å². The summed E-state index contributed by atoms with van der Waals surface area (Å²) in [5, 5.41) is 6.82. The summed E-state index contributed by atoms with van der Waals surface area (Å²) in [4.78, 5) is 28.9. The molecule has 0 atom stereocenters. The van der Waals surface area contributed by atoms with Crippen LogP contribution in [0.3, 0.4) is 0 Å². The topological polar surface area (TPSA) is 52.7 Å². The third-order valence-electron chi connectivity index (χ3n) is 5.36. The molecule has 25 heavy (non-hydrogen) atoms. The highest BCUT2D eigenvalue weighted by Crippen LogP contribution is 2.18. The van der Waals surface area contributed by atoms with Crippen LogP contribution >= 0.6 is 11.3 Å². The lowest BCUT2D eigenvalue weighted by molar-refractivity contribution is -0.133. The van der Waals surface area contributed by atoms with Gasteiger partial charge in [0.2, 0.25) is 5.91 Å². The smallest absolute Gasteiger partial charge is 0.252 e. The van der Waals surface area contributed by atoms with Crippen LogP contribution in [0.5, 0.6) is 0 Å². The molecule has 1 N–H and O–H groups in total. The first-order valence-corrected chi connectivity index (χ1v) is 10.5. The van der Waals surface area contributed by atoms with Gasteiger partial charge in [-0.2, -0.15) is 11.3 Å². The maximum atomic E-state index is 12.5. The first-order valence-electron chi connectivity index (χ1n) is 9.53. The molecule has 2 fully saturated rings. The van der Waals surface area contributed by atoms with Crippen molar-refractivity contribution in [2.45, 2.75) is 38.5 Å². The Hall–Kier alpha value is -1.40. The van der Waals surface area contributed by atoms with Crippen molar-refractivity contribution in [1.29, 1.82) is 0 Å². The van der Waals surface area contributed by atoms with Gasteiger partial charge in [0, 0.05) is 30.6 Å². The number of likely N-dealkylation sites (tertiary alicyclic amines) is 2. The largest absolute Gasteiger partial charge is 0.352 e. The van der Waals surface area contributed by atoms with Crippen LogP contribution in [-0.4, -0.2) is 60.9 Å². The highest BCUT2D eigenvalue weighted by molar-refractivity contribution is 7.08. The predicted octanol–water partition coefficient (Wildman–Crippen LogP) is 2.59. The number of nitrogens with zero attached hydrogens (tertiary/aromatic N) is 2. The molecule has 0 bridgehead atoms. The van der Waals surface area contributed by atoms with E-state index in [1.165, 1.54) is 37.0 Å². The Morgan fingerprint density at radius 3 is 2.44 bits per heavy atom. The van der Waals surface area contributed by atoms with Crippen LogP contribution in [0.1, 0.15) is 48.9 Å². The summed E-state index contributed by atoms with van der Waals surface area (Å²) in [5.41, 5.74) is 0.745. The van der Waals surface area contributed by atoms with Gasteiger partial charge >= 0.3 is 0 Å². The van der Waals surface area contributed by atoms with Gasteiger partial charge < -0.3 is 10.2 Å². The first kappa shape index (κ1) is 18.4. The molecule has 1 aromatic heterocycles. The van der Waals surface area contributed by atoms with Gasteiger partial charge in [-0.05, 0) is 56.1 Å². The molecule has 2 saturated heterocycles. The lowest BCUT2D eigenvalue weighted by Gasteiger charge is -2.33. The minimum Gasteiger partial charge on any atom is -0.352 e. The van der Waals surface area contributed by atoms with Gasteiger partial charge in [0.15, 0.2) is 0 Å². The van der Waals surface area contributed by atoms with Crippen molar-refractivity contribution < 1.29 is 9.59 Å². The molecule has 2 aliphatic heterocycles. The van der Waals surface area contributed by atoms with E-state index in [1.807, 2.05) is 21.7 Å². The third kappa shape index (κ3) is 5.54. The maximum Gasteiger partial charge on any atom is 0.252 e. The fourth-order valence-corrected chi connectivity index (χ4v) is 4.34. The summed E-state index contributed by atoms with van der Waals surface area (Å²) in [6, 6.07) is 1.85. The van der Waals surface area contributed by atoms with Gasteiger partial charge in [-0.15, -0.1) is 0 Å². The van der Waals surface area contributed by atoms with E-state index in [2.05, 4.69) is 10.2 Å². The molecule has 0 saturated carbocycles. The molecule has 2 aliphatic rings. The zero-order valence-corrected chi connectivity index (χ0v) is 15.7. The van der Waals surface area contributed by atoms with Gasteiger partial charge in [0.25, 0.3) is 5.91 Å². The van der Waals surface area contributed by atoms with Crippen LogP contribution in [0.2, 0.25) is 0 Å². The second kappa shape index (κ2) is 9.34. The maximum absolute atomic E-state index is 12.5. The molecule has 6 heteroatoms. The number of hydrogen-bond acceptors (Lipinski definition) is 4. The molecule has 138 valence electrons. The van der Waals surface area contributed by atoms with Gasteiger partial charge in [0.05, 0.1) is 6.54 Å². The summed E-state index contributed by atoms with van der Waals surface area (Å²) < 4.78 is 0. The Labute approximate surface area is 154 Å². The van der Waals surface area contributed by atoms with Crippen molar-refractivity contribution in [2.24, 2.45) is 5.92 Å². The van der Waals surface area contributed by atoms with Gasteiger partial charge in [-0.1, -0.05) is 12.8 Å². The monoisotopic (exact) mass is 363 g/mol. The molecule has 0 unspecified atom stereocenters. The van der Waals surface area contributed by atoms with Crippen LogP contribution in [0.15, 0.2) is 16.8 Å². The molecule has 0 radical (unpaired) electrons. The van der Waals surface area contributed by atoms with Crippen LogP contribution in [0.25, 0.3) is 0 Å². The molecular weight excluding hydrogens is 334 g/mol. The number of carbonyl (C=O) groups is 2. The van der Waals surface area contributed by atoms with E-state index in [0.717, 1.165) is 44.6 Å². The second-order valence-electron chi connectivity index (χ2n) is 7.24. The van der Waals surface area contributed by atoms with Crippen LogP contribution in [-0.2, 0) is 4.79 Å². The average molecular weight is 364 g/mol. The fourth-order valence-electron chi connectivity index (χ4n) is 3.70. The van der Waals surface area contributed by atoms with E-state index >= 15 is 0 Å². The lowest BCUT2D eigenvalue weighted by Crippen LogP contribution is -2.45. The Morgan fingerprint density at radius 2 is 1.80 bits per heavy atom. The quantitative estimate of drug-likeness (QED) is 0.875. The van der Waals surface area contributed by atoms with Crippen LogP contribution in [0, 0.1) is 5.92 Å². The zero-order chi connectivity index (χ0) is 17.5. The summed E-state index contributed by atoms with van der Waals surface area (Å²) >= 11 is 1.54. The number of rotatable bonds is 5. The van der Waals surface area contributed by atoms with Gasteiger partial charge in [0.1, 0.15) is 0 Å². The molecular formula is C19H29N3O2S. The average Bonchev–Trinajstić information content (AvgIpc) is 3.06. The molecule has 0 aliphatic carbocycles. The van der Waals surface area contributed by atoms with E-state index in [9.17, 15) is 9.59 Å². The van der Waals surface area contributed by atoms with E-state index in [1.54, 1.807) is 0 Å². The Balaban J connectivity index is 1.36. The molecule has 0 aromatic carbocycles. The number of hydrogen-bond donors (Lipinski definition) is 1. The van der Waals surface area contributed by atoms with Crippen molar-refractivity contribution in [2.75, 3.05) is 39.3 Å². The van der Waals surface area contributed by atoms with Crippen molar-refractivity contribution in [3.05, 3.63) is 22.4 Å². The molecule has 3 rings (SSSR count). The predicted molar refractivity (Wildman–Crippen MR) is 101 cm³/mol.